The van der Waals surface area contributed by atoms with Gasteiger partial charge in [-0.3, -0.25) is 0 Å². The highest BCUT2D eigenvalue weighted by Gasteiger charge is 2.09. The van der Waals surface area contributed by atoms with Crippen molar-refractivity contribution >= 4 is 0 Å². The molecular weight excluding hydrogens is 220 g/mol. The van der Waals surface area contributed by atoms with Gasteiger partial charge >= 0.3 is 0 Å². The molecule has 2 rings (SSSR count). The molecule has 86 valence electrons. The maximum Gasteiger partial charge on any atom is 0.0670 e. The Bertz CT molecular complexity index is 616. The zero-order valence-electron chi connectivity index (χ0n) is 9.93. The second-order valence-corrected chi connectivity index (χ2v) is 3.98. The van der Waals surface area contributed by atoms with Gasteiger partial charge in [0.15, 0.2) is 0 Å². The molecular formula is C16H12N2. The van der Waals surface area contributed by atoms with Crippen LogP contribution in [0, 0.1) is 22.7 Å². The molecule has 2 nitrogen and oxygen atoms in total. The van der Waals surface area contributed by atoms with Gasteiger partial charge in [0, 0.05) is 0 Å². The van der Waals surface area contributed by atoms with E-state index in [1.54, 1.807) is 0 Å². The Morgan fingerprint density at radius 2 is 1.50 bits per heavy atom. The quantitative estimate of drug-likeness (QED) is 0.813. The van der Waals surface area contributed by atoms with E-state index in [0.717, 1.165) is 22.3 Å². The van der Waals surface area contributed by atoms with Crippen LogP contribution in [0.25, 0.3) is 11.1 Å². The summed E-state index contributed by atoms with van der Waals surface area (Å²) in [5.74, 6) is 0. The Morgan fingerprint density at radius 3 is 2.17 bits per heavy atom. The fraction of sp³-hybridized carbons (Fsp3) is 0.125. The summed E-state index contributed by atoms with van der Waals surface area (Å²) in [5.41, 5.74) is 4.04. The first-order valence-electron chi connectivity index (χ1n) is 5.77. The summed E-state index contributed by atoms with van der Waals surface area (Å²) in [6, 6.07) is 20.2. The van der Waals surface area contributed by atoms with Gasteiger partial charge in [-0.1, -0.05) is 48.5 Å². The van der Waals surface area contributed by atoms with E-state index in [9.17, 15) is 0 Å². The molecule has 2 aromatic carbocycles. The average Bonchev–Trinajstić information content (AvgIpc) is 2.42. The third-order valence-corrected chi connectivity index (χ3v) is 2.88. The third-order valence-electron chi connectivity index (χ3n) is 2.88. The minimum atomic E-state index is 0.335. The zero-order valence-corrected chi connectivity index (χ0v) is 9.93. The molecule has 0 saturated heterocycles. The van der Waals surface area contributed by atoms with E-state index in [0.29, 0.717) is 12.8 Å². The maximum absolute atomic E-state index is 8.95. The van der Waals surface area contributed by atoms with Gasteiger partial charge in [-0.2, -0.15) is 10.5 Å². The molecule has 0 atom stereocenters. The van der Waals surface area contributed by atoms with E-state index in [1.165, 1.54) is 0 Å². The van der Waals surface area contributed by atoms with E-state index in [2.05, 4.69) is 12.1 Å². The van der Waals surface area contributed by atoms with Gasteiger partial charge in [0.25, 0.3) is 0 Å². The van der Waals surface area contributed by atoms with Gasteiger partial charge in [-0.05, 0) is 22.3 Å². The molecule has 0 unspecified atom stereocenters. The number of hydrogen-bond donors (Lipinski definition) is 0. The summed E-state index contributed by atoms with van der Waals surface area (Å²) < 4.78 is 0. The largest absolute Gasteiger partial charge is 0.198 e. The van der Waals surface area contributed by atoms with Crippen molar-refractivity contribution in [1.82, 2.24) is 0 Å². The molecule has 0 aliphatic carbocycles. The number of nitrogens with zero attached hydrogens (tertiary/aromatic N) is 2. The van der Waals surface area contributed by atoms with Crippen molar-refractivity contribution in [2.24, 2.45) is 0 Å². The molecule has 0 bridgehead atoms. The molecule has 18 heavy (non-hydrogen) atoms. The predicted octanol–water partition coefficient (Wildman–Crippen LogP) is 3.49. The van der Waals surface area contributed by atoms with Crippen LogP contribution in [0.3, 0.4) is 0 Å². The lowest BCUT2D eigenvalue weighted by Crippen LogP contribution is -1.96. The molecule has 0 aliphatic rings. The van der Waals surface area contributed by atoms with E-state index < -0.39 is 0 Å². The second-order valence-electron chi connectivity index (χ2n) is 3.98. The van der Waals surface area contributed by atoms with E-state index >= 15 is 0 Å². The maximum atomic E-state index is 8.95. The van der Waals surface area contributed by atoms with Crippen molar-refractivity contribution in [3.05, 3.63) is 59.7 Å². The summed E-state index contributed by atoms with van der Waals surface area (Å²) >= 11 is 0. The predicted molar refractivity (Wildman–Crippen MR) is 70.5 cm³/mol. The van der Waals surface area contributed by atoms with Gasteiger partial charge in [0.2, 0.25) is 0 Å². The number of rotatable bonds is 3. The van der Waals surface area contributed by atoms with Crippen molar-refractivity contribution < 1.29 is 0 Å². The monoisotopic (exact) mass is 232 g/mol. The molecule has 0 fully saturated rings. The SMILES string of the molecule is N#CCc1cccc(-c2ccccc2)c1CC#N. The second kappa shape index (κ2) is 5.66. The standard InChI is InChI=1S/C16H12N2/c17-11-9-14-7-4-8-15(16(14)10-12-18)13-5-2-1-3-6-13/h1-8H,9-10H2. The topological polar surface area (TPSA) is 47.6 Å². The fourth-order valence-corrected chi connectivity index (χ4v) is 2.06. The summed E-state index contributed by atoms with van der Waals surface area (Å²) in [5, 5.41) is 17.8. The van der Waals surface area contributed by atoms with Crippen molar-refractivity contribution in [1.29, 1.82) is 10.5 Å². The third kappa shape index (κ3) is 2.39. The Labute approximate surface area is 107 Å². The van der Waals surface area contributed by atoms with Gasteiger partial charge in [-0.25, -0.2) is 0 Å². The van der Waals surface area contributed by atoms with E-state index in [-0.39, 0.29) is 0 Å². The molecule has 0 N–H and O–H groups in total. The molecule has 0 aromatic heterocycles. The molecule has 0 amide bonds. The van der Waals surface area contributed by atoms with Crippen LogP contribution in [0.5, 0.6) is 0 Å². The van der Waals surface area contributed by atoms with E-state index in [4.69, 9.17) is 10.5 Å². The minimum Gasteiger partial charge on any atom is -0.198 e. The highest BCUT2D eigenvalue weighted by atomic mass is 14.3. The van der Waals surface area contributed by atoms with Crippen LogP contribution in [0.4, 0.5) is 0 Å². The number of benzene rings is 2. The van der Waals surface area contributed by atoms with Crippen LogP contribution in [-0.4, -0.2) is 0 Å². The molecule has 0 heterocycles. The minimum absolute atomic E-state index is 0.335. The Kier molecular flexibility index (Phi) is 3.74. The summed E-state index contributed by atoms with van der Waals surface area (Å²) in [7, 11) is 0. The molecule has 0 radical (unpaired) electrons. The van der Waals surface area contributed by atoms with Gasteiger partial charge in [-0.15, -0.1) is 0 Å². The normalized spacial score (nSPS) is 9.44. The highest BCUT2D eigenvalue weighted by molar-refractivity contribution is 5.69. The van der Waals surface area contributed by atoms with Crippen LogP contribution in [0.1, 0.15) is 11.1 Å². The number of hydrogen-bond acceptors (Lipinski definition) is 2. The van der Waals surface area contributed by atoms with Crippen LogP contribution >= 0.6 is 0 Å². The first-order chi connectivity index (χ1) is 8.86. The van der Waals surface area contributed by atoms with Crippen LogP contribution in [0.2, 0.25) is 0 Å². The smallest absolute Gasteiger partial charge is 0.0670 e. The molecule has 2 heteroatoms. The molecule has 2 aromatic rings. The molecule has 0 saturated carbocycles. The van der Waals surface area contributed by atoms with Gasteiger partial charge in [0.1, 0.15) is 0 Å². The fourth-order valence-electron chi connectivity index (χ4n) is 2.06. The summed E-state index contributed by atoms with van der Waals surface area (Å²) in [6.45, 7) is 0. The Morgan fingerprint density at radius 1 is 0.778 bits per heavy atom. The number of nitriles is 2. The van der Waals surface area contributed by atoms with E-state index in [1.807, 2.05) is 48.5 Å². The van der Waals surface area contributed by atoms with Gasteiger partial charge < -0.3 is 0 Å². The first-order valence-corrected chi connectivity index (χ1v) is 5.77. The van der Waals surface area contributed by atoms with Crippen LogP contribution in [0.15, 0.2) is 48.5 Å². The summed E-state index contributed by atoms with van der Waals surface area (Å²) in [4.78, 5) is 0. The lowest BCUT2D eigenvalue weighted by molar-refractivity contribution is 1.16. The van der Waals surface area contributed by atoms with Gasteiger partial charge in [0.05, 0.1) is 25.0 Å². The summed E-state index contributed by atoms with van der Waals surface area (Å²) in [6.07, 6.45) is 0.680. The zero-order chi connectivity index (χ0) is 12.8. The molecule has 0 aliphatic heterocycles. The Hall–Kier alpha value is -2.58. The first kappa shape index (κ1) is 11.9. The van der Waals surface area contributed by atoms with Crippen LogP contribution in [-0.2, 0) is 12.8 Å². The molecule has 0 spiro atoms. The Balaban J connectivity index is 2.58. The lowest BCUT2D eigenvalue weighted by Gasteiger charge is -2.11. The lowest BCUT2D eigenvalue weighted by atomic mass is 9.92. The average molecular weight is 232 g/mol. The van der Waals surface area contributed by atoms with Crippen LogP contribution < -0.4 is 0 Å². The van der Waals surface area contributed by atoms with Crippen molar-refractivity contribution in [2.75, 3.05) is 0 Å². The van der Waals surface area contributed by atoms with Crippen molar-refractivity contribution in [2.45, 2.75) is 12.8 Å². The van der Waals surface area contributed by atoms with Crippen molar-refractivity contribution in [3.63, 3.8) is 0 Å². The highest BCUT2D eigenvalue weighted by Crippen LogP contribution is 2.26. The van der Waals surface area contributed by atoms with Crippen molar-refractivity contribution in [3.8, 4) is 23.3 Å².